The lowest BCUT2D eigenvalue weighted by atomic mass is 9.94. The molecule has 0 bridgehead atoms. The van der Waals surface area contributed by atoms with Crippen LogP contribution in [0.25, 0.3) is 0 Å². The van der Waals surface area contributed by atoms with Gasteiger partial charge in [-0.2, -0.15) is 0 Å². The fraction of sp³-hybridized carbons (Fsp3) is 0.333. The first kappa shape index (κ1) is 20.5. The van der Waals surface area contributed by atoms with E-state index >= 15 is 0 Å². The number of piperazine rings is 1. The van der Waals surface area contributed by atoms with Crippen molar-refractivity contribution < 1.29 is 19.8 Å². The van der Waals surface area contributed by atoms with E-state index in [9.17, 15) is 14.7 Å². The van der Waals surface area contributed by atoms with Crippen LogP contribution in [0.15, 0.2) is 42.5 Å². The van der Waals surface area contributed by atoms with Crippen LogP contribution < -0.4 is 0 Å². The molecule has 0 saturated carbocycles. The van der Waals surface area contributed by atoms with Gasteiger partial charge < -0.3 is 10.2 Å². The van der Waals surface area contributed by atoms with E-state index in [0.717, 1.165) is 37.3 Å². The van der Waals surface area contributed by atoms with Gasteiger partial charge in [-0.1, -0.05) is 46.3 Å². The number of halogens is 1. The molecule has 1 fully saturated rings. The molecule has 2 aromatic rings. The van der Waals surface area contributed by atoms with E-state index in [1.165, 1.54) is 12.1 Å². The van der Waals surface area contributed by atoms with E-state index < -0.39 is 11.9 Å². The second-order valence-corrected chi connectivity index (χ2v) is 8.13. The molecule has 1 unspecified atom stereocenters. The molecule has 7 heteroatoms. The van der Waals surface area contributed by atoms with Crippen LogP contribution in [0.4, 0.5) is 0 Å². The molecule has 0 amide bonds. The van der Waals surface area contributed by atoms with Crippen molar-refractivity contribution in [2.45, 2.75) is 17.9 Å². The van der Waals surface area contributed by atoms with Gasteiger partial charge in [-0.15, -0.1) is 0 Å². The van der Waals surface area contributed by atoms with Crippen LogP contribution in [0.2, 0.25) is 0 Å². The molecule has 0 spiro atoms. The predicted octanol–water partition coefficient (Wildman–Crippen LogP) is 3.14. The summed E-state index contributed by atoms with van der Waals surface area (Å²) < 4.78 is 0. The van der Waals surface area contributed by atoms with Gasteiger partial charge >= 0.3 is 11.9 Å². The zero-order chi connectivity index (χ0) is 20.3. The van der Waals surface area contributed by atoms with E-state index in [4.69, 9.17) is 5.11 Å². The molecule has 1 aliphatic heterocycles. The van der Waals surface area contributed by atoms with Gasteiger partial charge in [0.15, 0.2) is 0 Å². The molecule has 0 aliphatic carbocycles. The predicted molar refractivity (Wildman–Crippen MR) is 110 cm³/mol. The number of aromatic carboxylic acids is 2. The highest BCUT2D eigenvalue weighted by molar-refractivity contribution is 9.09. The highest BCUT2D eigenvalue weighted by Crippen LogP contribution is 2.22. The Bertz CT molecular complexity index is 886. The lowest BCUT2D eigenvalue weighted by molar-refractivity contribution is 0.0695. The second kappa shape index (κ2) is 8.86. The number of carbonyl (C=O) groups is 2. The minimum absolute atomic E-state index is 0.0183. The summed E-state index contributed by atoms with van der Waals surface area (Å²) in [6.07, 6.45) is 0.448. The number of carboxylic acids is 2. The van der Waals surface area contributed by atoms with E-state index in [0.29, 0.717) is 16.9 Å². The fourth-order valence-corrected chi connectivity index (χ4v) is 4.03. The van der Waals surface area contributed by atoms with Gasteiger partial charge in [0.05, 0.1) is 16.1 Å². The molecule has 1 saturated heterocycles. The topological polar surface area (TPSA) is 81.1 Å². The van der Waals surface area contributed by atoms with Gasteiger partial charge in [0.2, 0.25) is 0 Å². The molecule has 1 aliphatic rings. The van der Waals surface area contributed by atoms with E-state index in [1.807, 2.05) is 18.2 Å². The Morgan fingerprint density at radius 2 is 1.75 bits per heavy atom. The van der Waals surface area contributed by atoms with Crippen LogP contribution in [0.5, 0.6) is 0 Å². The quantitative estimate of drug-likeness (QED) is 0.523. The maximum absolute atomic E-state index is 11.6. The first-order valence-electron chi connectivity index (χ1n) is 9.08. The molecule has 3 rings (SSSR count). The minimum Gasteiger partial charge on any atom is -0.478 e. The van der Waals surface area contributed by atoms with Crippen molar-refractivity contribution in [2.24, 2.45) is 0 Å². The fourth-order valence-electron chi connectivity index (χ4n) is 3.42. The Morgan fingerprint density at radius 3 is 2.39 bits per heavy atom. The van der Waals surface area contributed by atoms with Gasteiger partial charge in [-0.25, -0.2) is 9.59 Å². The van der Waals surface area contributed by atoms with Crippen LogP contribution in [0.3, 0.4) is 0 Å². The van der Waals surface area contributed by atoms with Gasteiger partial charge in [0, 0.05) is 26.2 Å². The van der Waals surface area contributed by atoms with Crippen LogP contribution in [0.1, 0.15) is 37.4 Å². The molecule has 2 N–H and O–H groups in total. The summed E-state index contributed by atoms with van der Waals surface area (Å²) in [6.45, 7) is 3.67. The molecule has 1 heterocycles. The van der Waals surface area contributed by atoms with Crippen LogP contribution in [-0.2, 0) is 13.0 Å². The zero-order valence-corrected chi connectivity index (χ0v) is 17.2. The molecule has 1 atom stereocenters. The Labute approximate surface area is 172 Å². The lowest BCUT2D eigenvalue weighted by Crippen LogP contribution is -2.48. The number of alkyl halides is 1. The van der Waals surface area contributed by atoms with Crippen molar-refractivity contribution in [1.29, 1.82) is 0 Å². The monoisotopic (exact) mass is 446 g/mol. The highest BCUT2D eigenvalue weighted by Gasteiger charge is 2.22. The second-order valence-electron chi connectivity index (χ2n) is 7.08. The number of rotatable bonds is 6. The highest BCUT2D eigenvalue weighted by atomic mass is 79.9. The Balaban J connectivity index is 1.84. The number of benzene rings is 2. The van der Waals surface area contributed by atoms with E-state index in [2.05, 4.69) is 38.8 Å². The van der Waals surface area contributed by atoms with E-state index in [-0.39, 0.29) is 11.1 Å². The van der Waals surface area contributed by atoms with Gasteiger partial charge in [-0.3, -0.25) is 9.80 Å². The Hall–Kier alpha value is -2.22. The van der Waals surface area contributed by atoms with Crippen LogP contribution >= 0.6 is 15.9 Å². The van der Waals surface area contributed by atoms with E-state index in [1.54, 1.807) is 6.07 Å². The number of carboxylic acid groups (broad SMARTS) is 2. The summed E-state index contributed by atoms with van der Waals surface area (Å²) in [6, 6.07) is 12.3. The SMILES string of the molecule is CN1CCN(Cc2ccccc2Cc2ccc(C(=O)O)cc2C(=O)O)CC1Br. The summed E-state index contributed by atoms with van der Waals surface area (Å²) >= 11 is 3.69. The third-order valence-corrected chi connectivity index (χ3v) is 6.13. The lowest BCUT2D eigenvalue weighted by Gasteiger charge is -2.36. The minimum atomic E-state index is -1.13. The van der Waals surface area contributed by atoms with Crippen molar-refractivity contribution in [1.82, 2.24) is 9.80 Å². The summed E-state index contributed by atoms with van der Waals surface area (Å²) in [4.78, 5) is 27.8. The standard InChI is InChI=1S/C21H23BrN2O4/c1-23-8-9-24(13-19(23)22)12-17-5-3-2-4-14(17)10-15-6-7-16(20(25)26)11-18(15)21(27)28/h2-7,11,19H,8-10,12-13H2,1H3,(H,25,26)(H,27,28). The number of likely N-dealkylation sites (N-methyl/N-ethyl adjacent to an activating group) is 1. The Morgan fingerprint density at radius 1 is 1.04 bits per heavy atom. The van der Waals surface area contributed by atoms with Crippen LogP contribution in [-0.4, -0.2) is 63.6 Å². The largest absolute Gasteiger partial charge is 0.478 e. The van der Waals surface area contributed by atoms with Gasteiger partial charge in [0.25, 0.3) is 0 Å². The molecule has 6 nitrogen and oxygen atoms in total. The maximum Gasteiger partial charge on any atom is 0.336 e. The first-order valence-corrected chi connectivity index (χ1v) is 9.99. The maximum atomic E-state index is 11.6. The third kappa shape index (κ3) is 4.79. The average molecular weight is 447 g/mol. The first-order chi connectivity index (χ1) is 13.3. The Kier molecular flexibility index (Phi) is 6.49. The van der Waals surface area contributed by atoms with Crippen molar-refractivity contribution in [3.8, 4) is 0 Å². The summed E-state index contributed by atoms with van der Waals surface area (Å²) in [5.74, 6) is -2.24. The number of nitrogens with zero attached hydrogens (tertiary/aromatic N) is 2. The number of hydrogen-bond acceptors (Lipinski definition) is 4. The van der Waals surface area contributed by atoms with Crippen molar-refractivity contribution >= 4 is 27.9 Å². The normalized spacial score (nSPS) is 18.1. The molecule has 0 radical (unpaired) electrons. The molecular formula is C21H23BrN2O4. The summed E-state index contributed by atoms with van der Waals surface area (Å²) in [5.41, 5.74) is 2.84. The van der Waals surface area contributed by atoms with Gasteiger partial charge in [0.1, 0.15) is 0 Å². The zero-order valence-electron chi connectivity index (χ0n) is 15.6. The molecular weight excluding hydrogens is 424 g/mol. The summed E-state index contributed by atoms with van der Waals surface area (Å²) in [7, 11) is 2.10. The van der Waals surface area contributed by atoms with Crippen molar-refractivity contribution in [3.05, 3.63) is 70.3 Å². The van der Waals surface area contributed by atoms with Gasteiger partial charge in [-0.05, 0) is 42.3 Å². The smallest absolute Gasteiger partial charge is 0.336 e. The molecule has 28 heavy (non-hydrogen) atoms. The third-order valence-electron chi connectivity index (χ3n) is 5.14. The average Bonchev–Trinajstić information content (AvgIpc) is 2.66. The molecule has 148 valence electrons. The summed E-state index contributed by atoms with van der Waals surface area (Å²) in [5, 5.41) is 18.7. The van der Waals surface area contributed by atoms with Crippen molar-refractivity contribution in [2.75, 3.05) is 26.7 Å². The number of hydrogen-bond donors (Lipinski definition) is 2. The molecule has 2 aromatic carbocycles. The van der Waals surface area contributed by atoms with Crippen LogP contribution in [0, 0.1) is 0 Å². The van der Waals surface area contributed by atoms with Crippen molar-refractivity contribution in [3.63, 3.8) is 0 Å². The molecule has 0 aromatic heterocycles.